The van der Waals surface area contributed by atoms with E-state index in [1.165, 1.54) is 17.1 Å². The van der Waals surface area contributed by atoms with Gasteiger partial charge in [-0.2, -0.15) is 5.10 Å². The van der Waals surface area contributed by atoms with Gasteiger partial charge in [0.2, 0.25) is 5.95 Å². The zero-order chi connectivity index (χ0) is 20.1. The normalized spacial score (nSPS) is 10.9. The molecule has 0 bridgehead atoms. The van der Waals surface area contributed by atoms with Crippen LogP contribution in [0.4, 0.5) is 0 Å². The predicted octanol–water partition coefficient (Wildman–Crippen LogP) is 1.43. The Bertz CT molecular complexity index is 1050. The summed E-state index contributed by atoms with van der Waals surface area (Å²) >= 11 is 0. The van der Waals surface area contributed by atoms with Crippen LogP contribution in [0.1, 0.15) is 37.0 Å². The minimum Gasteiger partial charge on any atom is -0.466 e. The van der Waals surface area contributed by atoms with E-state index in [1.54, 1.807) is 30.7 Å². The van der Waals surface area contributed by atoms with Crippen LogP contribution in [0.15, 0.2) is 29.5 Å². The van der Waals surface area contributed by atoms with Crippen molar-refractivity contribution < 1.29 is 19.1 Å². The molecule has 0 aliphatic carbocycles. The number of hydrogen-bond donors (Lipinski definition) is 1. The predicted molar refractivity (Wildman–Crippen MR) is 99.3 cm³/mol. The highest BCUT2D eigenvalue weighted by atomic mass is 16.5. The Balaban J connectivity index is 1.80. The lowest BCUT2D eigenvalue weighted by Crippen LogP contribution is -2.16. The molecule has 0 amide bonds. The molecule has 0 aliphatic rings. The molecule has 3 heterocycles. The molecule has 3 aromatic rings. The third-order valence-electron chi connectivity index (χ3n) is 4.00. The monoisotopic (exact) mass is 387 g/mol. The molecule has 0 aliphatic heterocycles. The number of carbonyl (C=O) groups excluding carboxylic acids is 2. The van der Waals surface area contributed by atoms with E-state index in [4.69, 9.17) is 9.47 Å². The quantitative estimate of drug-likeness (QED) is 0.580. The molecule has 0 radical (unpaired) electrons. The van der Waals surface area contributed by atoms with Crippen molar-refractivity contribution in [2.45, 2.75) is 33.2 Å². The van der Waals surface area contributed by atoms with Gasteiger partial charge in [0.25, 0.3) is 5.56 Å². The molecular weight excluding hydrogens is 366 g/mol. The fourth-order valence-corrected chi connectivity index (χ4v) is 2.78. The van der Waals surface area contributed by atoms with E-state index in [-0.39, 0.29) is 36.1 Å². The molecule has 3 rings (SSSR count). The van der Waals surface area contributed by atoms with Gasteiger partial charge in [-0.25, -0.2) is 14.5 Å². The van der Waals surface area contributed by atoms with E-state index < -0.39 is 5.97 Å². The molecule has 3 aromatic heterocycles. The van der Waals surface area contributed by atoms with E-state index in [9.17, 15) is 14.4 Å². The summed E-state index contributed by atoms with van der Waals surface area (Å²) in [6.45, 7) is 4.57. The Morgan fingerprint density at radius 3 is 2.75 bits per heavy atom. The van der Waals surface area contributed by atoms with Crippen LogP contribution in [-0.4, -0.2) is 49.5 Å². The van der Waals surface area contributed by atoms with Crippen LogP contribution in [0.25, 0.3) is 17.0 Å². The summed E-state index contributed by atoms with van der Waals surface area (Å²) in [6.07, 6.45) is 5.36. The van der Waals surface area contributed by atoms with Crippen molar-refractivity contribution in [3.63, 3.8) is 0 Å². The number of ether oxygens (including phenoxy) is 2. The number of hydrogen-bond acceptors (Lipinski definition) is 7. The second-order valence-electron chi connectivity index (χ2n) is 5.94. The standard InChI is InChI=1S/C18H21N5O5/c1-3-27-14(24)6-5-8-22-9-7-13-15(22)16(25)21-18(20-13)23-11-12(10-19-23)17(26)28-4-2/h7,9-11H,3-6,8H2,1-2H3,(H,20,21,25). The van der Waals surface area contributed by atoms with Crippen molar-refractivity contribution in [1.82, 2.24) is 24.3 Å². The maximum atomic E-state index is 12.6. The van der Waals surface area contributed by atoms with Crippen molar-refractivity contribution in [3.8, 4) is 5.95 Å². The molecule has 28 heavy (non-hydrogen) atoms. The highest BCUT2D eigenvalue weighted by Crippen LogP contribution is 2.12. The maximum absolute atomic E-state index is 12.6. The van der Waals surface area contributed by atoms with E-state index in [1.807, 2.05) is 0 Å². The molecule has 0 aromatic carbocycles. The Hall–Kier alpha value is -3.43. The molecule has 0 atom stereocenters. The molecule has 0 spiro atoms. The number of aromatic amines is 1. The summed E-state index contributed by atoms with van der Waals surface area (Å²) in [5.74, 6) is -0.563. The third kappa shape index (κ3) is 4.11. The van der Waals surface area contributed by atoms with Crippen LogP contribution in [0.5, 0.6) is 0 Å². The molecule has 0 saturated carbocycles. The zero-order valence-electron chi connectivity index (χ0n) is 15.7. The van der Waals surface area contributed by atoms with E-state index in [0.29, 0.717) is 30.6 Å². The fourth-order valence-electron chi connectivity index (χ4n) is 2.78. The lowest BCUT2D eigenvalue weighted by atomic mass is 10.3. The highest BCUT2D eigenvalue weighted by Gasteiger charge is 2.14. The number of carbonyl (C=O) groups is 2. The van der Waals surface area contributed by atoms with Crippen molar-refractivity contribution in [3.05, 3.63) is 40.6 Å². The van der Waals surface area contributed by atoms with E-state index in [0.717, 1.165) is 0 Å². The number of aryl methyl sites for hydroxylation is 1. The summed E-state index contributed by atoms with van der Waals surface area (Å²) < 4.78 is 12.9. The first-order valence-corrected chi connectivity index (χ1v) is 9.00. The molecule has 148 valence electrons. The van der Waals surface area contributed by atoms with Gasteiger partial charge in [-0.05, 0) is 26.3 Å². The Morgan fingerprint density at radius 2 is 2.00 bits per heavy atom. The summed E-state index contributed by atoms with van der Waals surface area (Å²) in [5, 5.41) is 4.06. The second-order valence-corrected chi connectivity index (χ2v) is 5.94. The fraction of sp³-hybridized carbons (Fsp3) is 0.389. The highest BCUT2D eigenvalue weighted by molar-refractivity contribution is 5.88. The largest absolute Gasteiger partial charge is 0.466 e. The summed E-state index contributed by atoms with van der Waals surface area (Å²) in [7, 11) is 0. The van der Waals surface area contributed by atoms with Crippen LogP contribution in [0.2, 0.25) is 0 Å². The topological polar surface area (TPSA) is 121 Å². The van der Waals surface area contributed by atoms with Gasteiger partial charge in [-0.3, -0.25) is 14.6 Å². The van der Waals surface area contributed by atoms with Crippen LogP contribution in [0, 0.1) is 0 Å². The molecule has 0 unspecified atom stereocenters. The van der Waals surface area contributed by atoms with Crippen molar-refractivity contribution in [2.75, 3.05) is 13.2 Å². The summed E-state index contributed by atoms with van der Waals surface area (Å²) in [5.41, 5.74) is 0.823. The van der Waals surface area contributed by atoms with Gasteiger partial charge < -0.3 is 14.0 Å². The molecule has 10 nitrogen and oxygen atoms in total. The van der Waals surface area contributed by atoms with Gasteiger partial charge in [0, 0.05) is 25.4 Å². The number of rotatable bonds is 8. The van der Waals surface area contributed by atoms with Crippen LogP contribution in [0.3, 0.4) is 0 Å². The van der Waals surface area contributed by atoms with Crippen LogP contribution < -0.4 is 5.56 Å². The summed E-state index contributed by atoms with van der Waals surface area (Å²) in [6, 6.07) is 1.72. The smallest absolute Gasteiger partial charge is 0.341 e. The number of nitrogens with zero attached hydrogens (tertiary/aromatic N) is 4. The first kappa shape index (κ1) is 19.3. The minimum atomic E-state index is -0.495. The first-order valence-electron chi connectivity index (χ1n) is 9.00. The van der Waals surface area contributed by atoms with Crippen LogP contribution >= 0.6 is 0 Å². The summed E-state index contributed by atoms with van der Waals surface area (Å²) in [4.78, 5) is 42.8. The third-order valence-corrected chi connectivity index (χ3v) is 4.00. The Morgan fingerprint density at radius 1 is 1.21 bits per heavy atom. The lowest BCUT2D eigenvalue weighted by molar-refractivity contribution is -0.143. The maximum Gasteiger partial charge on any atom is 0.341 e. The molecular formula is C18H21N5O5. The van der Waals surface area contributed by atoms with Gasteiger partial charge >= 0.3 is 11.9 Å². The Kier molecular flexibility index (Phi) is 5.87. The molecule has 1 N–H and O–H groups in total. The number of nitrogens with one attached hydrogen (secondary N) is 1. The second kappa shape index (κ2) is 8.51. The SMILES string of the molecule is CCOC(=O)CCCn1ccc2nc(-n3cc(C(=O)OCC)cn3)[nH]c(=O)c21. The minimum absolute atomic E-state index is 0.192. The van der Waals surface area contributed by atoms with Crippen molar-refractivity contribution >= 4 is 23.0 Å². The number of aromatic nitrogens is 5. The van der Waals surface area contributed by atoms with Gasteiger partial charge in [-0.15, -0.1) is 0 Å². The lowest BCUT2D eigenvalue weighted by Gasteiger charge is -2.06. The average Bonchev–Trinajstić information content (AvgIpc) is 3.30. The van der Waals surface area contributed by atoms with E-state index in [2.05, 4.69) is 15.1 Å². The number of fused-ring (bicyclic) bond motifs is 1. The van der Waals surface area contributed by atoms with Gasteiger partial charge in [-0.1, -0.05) is 0 Å². The van der Waals surface area contributed by atoms with Crippen molar-refractivity contribution in [1.29, 1.82) is 0 Å². The van der Waals surface area contributed by atoms with Gasteiger partial charge in [0.05, 0.1) is 30.5 Å². The molecule has 0 fully saturated rings. The van der Waals surface area contributed by atoms with E-state index >= 15 is 0 Å². The molecule has 10 heteroatoms. The zero-order valence-corrected chi connectivity index (χ0v) is 15.7. The van der Waals surface area contributed by atoms with Crippen LogP contribution in [-0.2, 0) is 20.8 Å². The molecule has 0 saturated heterocycles. The van der Waals surface area contributed by atoms with Gasteiger partial charge in [0.1, 0.15) is 5.52 Å². The number of H-pyrrole nitrogens is 1. The van der Waals surface area contributed by atoms with Crippen molar-refractivity contribution in [2.24, 2.45) is 0 Å². The number of esters is 2. The first-order chi connectivity index (χ1) is 13.5. The van der Waals surface area contributed by atoms with Gasteiger partial charge in [0.15, 0.2) is 0 Å². The Labute approximate surface area is 160 Å². The average molecular weight is 387 g/mol.